The highest BCUT2D eigenvalue weighted by Gasteiger charge is 2.70. The van der Waals surface area contributed by atoms with E-state index in [4.69, 9.17) is 9.47 Å². The number of methoxy groups -OCH3 is 1. The molecule has 0 saturated carbocycles. The van der Waals surface area contributed by atoms with Gasteiger partial charge in [-0.05, 0) is 53.3 Å². The number of hydrogen-bond acceptors (Lipinski definition) is 6. The van der Waals surface area contributed by atoms with Crippen molar-refractivity contribution in [2.75, 3.05) is 7.11 Å². The molecule has 0 spiro atoms. The highest BCUT2D eigenvalue weighted by atomic mass is 16.7. The average Bonchev–Trinajstić information content (AvgIpc) is 3.14. The SMILES string of the molecule is CC(C)c1ccccc1O.COc1ccc2c(c1)C(=O)C1(O)c3ccc(C(C)C)cc3OC21O. The molecule has 3 aromatic carbocycles. The number of aliphatic hydroxyl groups is 2. The Balaban J connectivity index is 0.000000231. The van der Waals surface area contributed by atoms with Crippen LogP contribution in [0.3, 0.4) is 0 Å². The molecule has 6 heteroatoms. The lowest BCUT2D eigenvalue weighted by molar-refractivity contribution is -0.224. The first-order valence-corrected chi connectivity index (χ1v) is 11.3. The van der Waals surface area contributed by atoms with Crippen LogP contribution in [0.25, 0.3) is 0 Å². The Labute approximate surface area is 199 Å². The van der Waals surface area contributed by atoms with Crippen molar-refractivity contribution in [3.8, 4) is 17.2 Å². The number of phenols is 1. The van der Waals surface area contributed by atoms with Gasteiger partial charge in [0.15, 0.2) is 0 Å². The summed E-state index contributed by atoms with van der Waals surface area (Å²) >= 11 is 0. The Morgan fingerprint density at radius 1 is 0.882 bits per heavy atom. The molecule has 0 radical (unpaired) electrons. The third kappa shape index (κ3) is 3.45. The molecule has 3 aromatic rings. The van der Waals surface area contributed by atoms with Crippen LogP contribution in [-0.4, -0.2) is 28.2 Å². The number of hydrogen-bond donors (Lipinski definition) is 3. The number of ketones is 1. The van der Waals surface area contributed by atoms with Gasteiger partial charge >= 0.3 is 0 Å². The fourth-order valence-electron chi connectivity index (χ4n) is 4.53. The first-order valence-electron chi connectivity index (χ1n) is 11.3. The molecule has 1 aliphatic heterocycles. The van der Waals surface area contributed by atoms with Crippen molar-refractivity contribution in [2.45, 2.75) is 50.9 Å². The summed E-state index contributed by atoms with van der Waals surface area (Å²) in [6, 6.07) is 17.4. The second kappa shape index (κ2) is 8.46. The molecule has 0 aromatic heterocycles. The molecule has 0 fully saturated rings. The van der Waals surface area contributed by atoms with Gasteiger partial charge in [0.25, 0.3) is 5.79 Å². The number of fused-ring (bicyclic) bond motifs is 5. The van der Waals surface area contributed by atoms with Crippen molar-refractivity contribution in [3.05, 3.63) is 88.5 Å². The number of benzene rings is 3. The van der Waals surface area contributed by atoms with Crippen LogP contribution in [0.5, 0.6) is 17.2 Å². The summed E-state index contributed by atoms with van der Waals surface area (Å²) in [4.78, 5) is 12.9. The number of carbonyl (C=O) groups is 1. The van der Waals surface area contributed by atoms with Gasteiger partial charge in [-0.25, -0.2) is 0 Å². The standard InChI is InChI=1S/C19H18O5.C9H12O/c1-10(2)11-4-6-15-16(8-11)24-19(22)14-7-5-12(23-3)9-13(14)17(20)18(15,19)21;1-7(2)8-5-3-4-6-9(8)10/h4-10,21-22H,1-3H3;3-7,10H,1-2H3. The summed E-state index contributed by atoms with van der Waals surface area (Å²) in [7, 11) is 1.49. The van der Waals surface area contributed by atoms with E-state index in [0.717, 1.165) is 11.1 Å². The number of aromatic hydroxyl groups is 1. The van der Waals surface area contributed by atoms with Crippen molar-refractivity contribution >= 4 is 5.78 Å². The lowest BCUT2D eigenvalue weighted by atomic mass is 9.86. The van der Waals surface area contributed by atoms with Crippen LogP contribution >= 0.6 is 0 Å². The molecular weight excluding hydrogens is 432 g/mol. The summed E-state index contributed by atoms with van der Waals surface area (Å²) in [5, 5.41) is 31.5. The molecule has 1 heterocycles. The van der Waals surface area contributed by atoms with E-state index in [1.165, 1.54) is 13.2 Å². The zero-order valence-corrected chi connectivity index (χ0v) is 20.0. The van der Waals surface area contributed by atoms with Gasteiger partial charge in [-0.1, -0.05) is 58.0 Å². The molecule has 34 heavy (non-hydrogen) atoms. The molecule has 6 nitrogen and oxygen atoms in total. The summed E-state index contributed by atoms with van der Waals surface area (Å²) in [6.45, 7) is 8.20. The molecule has 2 aliphatic rings. The van der Waals surface area contributed by atoms with E-state index in [9.17, 15) is 20.1 Å². The summed E-state index contributed by atoms with van der Waals surface area (Å²) in [5.74, 6) is -0.834. The monoisotopic (exact) mass is 462 g/mol. The van der Waals surface area contributed by atoms with Gasteiger partial charge in [0.2, 0.25) is 11.4 Å². The Morgan fingerprint density at radius 2 is 1.56 bits per heavy atom. The van der Waals surface area contributed by atoms with E-state index in [2.05, 4.69) is 13.8 Å². The average molecular weight is 463 g/mol. The van der Waals surface area contributed by atoms with Gasteiger partial charge < -0.3 is 24.8 Å². The van der Waals surface area contributed by atoms with E-state index in [1.54, 1.807) is 30.3 Å². The zero-order valence-electron chi connectivity index (χ0n) is 20.0. The van der Waals surface area contributed by atoms with Gasteiger partial charge in [-0.2, -0.15) is 0 Å². The molecular formula is C28H30O6. The highest BCUT2D eigenvalue weighted by molar-refractivity contribution is 6.09. The maximum Gasteiger partial charge on any atom is 0.276 e. The fourth-order valence-corrected chi connectivity index (χ4v) is 4.53. The van der Waals surface area contributed by atoms with Crippen molar-refractivity contribution in [1.29, 1.82) is 0 Å². The third-order valence-corrected chi connectivity index (χ3v) is 6.53. The molecule has 178 valence electrons. The maximum absolute atomic E-state index is 12.9. The Kier molecular flexibility index (Phi) is 5.92. The van der Waals surface area contributed by atoms with Crippen molar-refractivity contribution in [2.24, 2.45) is 0 Å². The molecule has 1 aliphatic carbocycles. The largest absolute Gasteiger partial charge is 0.508 e. The van der Waals surface area contributed by atoms with Crippen LogP contribution in [0.1, 0.15) is 72.1 Å². The molecule has 0 bridgehead atoms. The number of Topliss-reactive ketones (excluding diaryl/α,β-unsaturated/α-hetero) is 1. The van der Waals surface area contributed by atoms with Crippen molar-refractivity contribution in [3.63, 3.8) is 0 Å². The normalized spacial score (nSPS) is 22.0. The molecule has 2 unspecified atom stereocenters. The smallest absolute Gasteiger partial charge is 0.276 e. The molecule has 0 amide bonds. The lowest BCUT2D eigenvalue weighted by Crippen LogP contribution is -2.48. The number of ether oxygens (including phenoxy) is 2. The molecule has 2 atom stereocenters. The van der Waals surface area contributed by atoms with Gasteiger partial charge in [0.05, 0.1) is 7.11 Å². The van der Waals surface area contributed by atoms with Crippen LogP contribution in [0.4, 0.5) is 0 Å². The van der Waals surface area contributed by atoms with E-state index < -0.39 is 17.2 Å². The van der Waals surface area contributed by atoms with E-state index in [1.807, 2.05) is 38.1 Å². The van der Waals surface area contributed by atoms with Gasteiger partial charge in [0, 0.05) is 16.7 Å². The first kappa shape index (κ1) is 23.8. The molecule has 0 saturated heterocycles. The number of rotatable bonds is 3. The Hall–Kier alpha value is -3.35. The Morgan fingerprint density at radius 3 is 2.15 bits per heavy atom. The second-order valence-corrected chi connectivity index (χ2v) is 9.32. The van der Waals surface area contributed by atoms with Crippen LogP contribution in [-0.2, 0) is 11.4 Å². The van der Waals surface area contributed by atoms with E-state index >= 15 is 0 Å². The van der Waals surface area contributed by atoms with Crippen molar-refractivity contribution < 1.29 is 29.6 Å². The quantitative estimate of drug-likeness (QED) is 0.509. The Bertz CT molecular complexity index is 1250. The summed E-state index contributed by atoms with van der Waals surface area (Å²) in [5.41, 5.74) is 0.614. The fraction of sp³-hybridized carbons (Fsp3) is 0.321. The van der Waals surface area contributed by atoms with E-state index in [0.29, 0.717) is 23.2 Å². The minimum atomic E-state index is -2.15. The minimum Gasteiger partial charge on any atom is -0.508 e. The van der Waals surface area contributed by atoms with Crippen molar-refractivity contribution in [1.82, 2.24) is 0 Å². The van der Waals surface area contributed by atoms with Gasteiger partial charge in [-0.3, -0.25) is 4.79 Å². The summed E-state index contributed by atoms with van der Waals surface area (Å²) in [6.07, 6.45) is 0. The van der Waals surface area contributed by atoms with E-state index in [-0.39, 0.29) is 22.6 Å². The number of phenolic OH excluding ortho intramolecular Hbond substituents is 1. The summed E-state index contributed by atoms with van der Waals surface area (Å²) < 4.78 is 10.9. The molecule has 3 N–H and O–H groups in total. The predicted molar refractivity (Wildman–Crippen MR) is 128 cm³/mol. The topological polar surface area (TPSA) is 96.2 Å². The van der Waals surface area contributed by atoms with Crippen LogP contribution in [0.15, 0.2) is 60.7 Å². The lowest BCUT2D eigenvalue weighted by Gasteiger charge is -2.28. The van der Waals surface area contributed by atoms with Gasteiger partial charge in [-0.15, -0.1) is 0 Å². The first-order chi connectivity index (χ1) is 16.0. The zero-order chi connectivity index (χ0) is 24.8. The third-order valence-electron chi connectivity index (χ3n) is 6.53. The molecule has 5 rings (SSSR count). The number of para-hydroxylation sites is 1. The number of carbonyl (C=O) groups excluding carboxylic acids is 1. The van der Waals surface area contributed by atoms with Crippen LogP contribution in [0.2, 0.25) is 0 Å². The maximum atomic E-state index is 12.9. The van der Waals surface area contributed by atoms with Crippen LogP contribution < -0.4 is 9.47 Å². The minimum absolute atomic E-state index is 0.206. The van der Waals surface area contributed by atoms with Gasteiger partial charge in [0.1, 0.15) is 17.2 Å². The second-order valence-electron chi connectivity index (χ2n) is 9.32. The van der Waals surface area contributed by atoms with Crippen LogP contribution in [0, 0.1) is 0 Å². The highest BCUT2D eigenvalue weighted by Crippen LogP contribution is 2.58. The predicted octanol–water partition coefficient (Wildman–Crippen LogP) is 4.96.